The number of aliphatic hydroxyl groups is 1. The van der Waals surface area contributed by atoms with Gasteiger partial charge in [0, 0.05) is 24.2 Å². The first-order chi connectivity index (χ1) is 15.3. The SMILES string of the molecule is COc1ccc(C(O)CC(Nc2ccc([N+](=O)[O-])cc2)c2ccc(Cl)c(Cl)c2)cc1OC. The average Bonchev–Trinajstić information content (AvgIpc) is 2.80. The number of hydrogen-bond donors (Lipinski definition) is 2. The van der Waals surface area contributed by atoms with Crippen LogP contribution in [0.25, 0.3) is 0 Å². The van der Waals surface area contributed by atoms with Crippen LogP contribution in [0.5, 0.6) is 11.5 Å². The Hall–Kier alpha value is -3.00. The Labute approximate surface area is 195 Å². The molecule has 0 saturated carbocycles. The molecule has 0 amide bonds. The molecular formula is C23H22Cl2N2O5. The van der Waals surface area contributed by atoms with Crippen LogP contribution in [-0.2, 0) is 0 Å². The first-order valence-corrected chi connectivity index (χ1v) is 10.4. The molecule has 2 N–H and O–H groups in total. The van der Waals surface area contributed by atoms with Crippen molar-refractivity contribution in [1.29, 1.82) is 0 Å². The van der Waals surface area contributed by atoms with E-state index in [0.29, 0.717) is 32.8 Å². The summed E-state index contributed by atoms with van der Waals surface area (Å²) in [7, 11) is 3.07. The van der Waals surface area contributed by atoms with Crippen molar-refractivity contribution in [2.24, 2.45) is 0 Å². The molecule has 0 aromatic heterocycles. The van der Waals surface area contributed by atoms with E-state index in [1.54, 1.807) is 49.6 Å². The van der Waals surface area contributed by atoms with Crippen LogP contribution >= 0.6 is 23.2 Å². The van der Waals surface area contributed by atoms with E-state index in [0.717, 1.165) is 5.56 Å². The van der Waals surface area contributed by atoms with Gasteiger partial charge < -0.3 is 19.9 Å². The molecule has 9 heteroatoms. The molecule has 3 aromatic carbocycles. The van der Waals surface area contributed by atoms with Crippen LogP contribution in [0.15, 0.2) is 60.7 Å². The van der Waals surface area contributed by atoms with Crippen molar-refractivity contribution in [3.05, 3.63) is 92.0 Å². The fraction of sp³-hybridized carbons (Fsp3) is 0.217. The minimum absolute atomic E-state index is 0.00741. The topological polar surface area (TPSA) is 93.9 Å². The molecule has 3 aromatic rings. The summed E-state index contributed by atoms with van der Waals surface area (Å²) < 4.78 is 10.6. The van der Waals surface area contributed by atoms with Crippen LogP contribution in [0.4, 0.5) is 11.4 Å². The van der Waals surface area contributed by atoms with Gasteiger partial charge in [0.15, 0.2) is 11.5 Å². The fourth-order valence-corrected chi connectivity index (χ4v) is 3.61. The molecule has 0 fully saturated rings. The molecule has 0 aliphatic carbocycles. The fourth-order valence-electron chi connectivity index (χ4n) is 3.31. The maximum atomic E-state index is 11.0. The van der Waals surface area contributed by atoms with Crippen LogP contribution in [0, 0.1) is 10.1 Å². The van der Waals surface area contributed by atoms with E-state index in [9.17, 15) is 15.2 Å². The van der Waals surface area contributed by atoms with Gasteiger partial charge in [0.1, 0.15) is 0 Å². The van der Waals surface area contributed by atoms with E-state index in [-0.39, 0.29) is 18.2 Å². The number of nitrogens with one attached hydrogen (secondary N) is 1. The van der Waals surface area contributed by atoms with Crippen molar-refractivity contribution in [1.82, 2.24) is 0 Å². The summed E-state index contributed by atoms with van der Waals surface area (Å²) in [5, 5.41) is 26.0. The predicted octanol–water partition coefficient (Wildman–Crippen LogP) is 6.20. The first kappa shape index (κ1) is 23.7. The lowest BCUT2D eigenvalue weighted by Gasteiger charge is -2.24. The average molecular weight is 477 g/mol. The molecule has 32 heavy (non-hydrogen) atoms. The highest BCUT2D eigenvalue weighted by atomic mass is 35.5. The number of hydrogen-bond acceptors (Lipinski definition) is 6. The van der Waals surface area contributed by atoms with Gasteiger partial charge in [-0.2, -0.15) is 0 Å². The smallest absolute Gasteiger partial charge is 0.269 e. The van der Waals surface area contributed by atoms with Crippen LogP contribution in [0.3, 0.4) is 0 Å². The zero-order valence-corrected chi connectivity index (χ0v) is 18.9. The number of nitrogens with zero attached hydrogens (tertiary/aromatic N) is 1. The van der Waals surface area contributed by atoms with Gasteiger partial charge in [-0.3, -0.25) is 10.1 Å². The monoisotopic (exact) mass is 476 g/mol. The molecule has 0 aliphatic rings. The molecule has 0 saturated heterocycles. The maximum Gasteiger partial charge on any atom is 0.269 e. The second-order valence-corrected chi connectivity index (χ2v) is 7.85. The summed E-state index contributed by atoms with van der Waals surface area (Å²) in [6.07, 6.45) is -0.565. The van der Waals surface area contributed by atoms with E-state index >= 15 is 0 Å². The quantitative estimate of drug-likeness (QED) is 0.282. The molecule has 0 radical (unpaired) electrons. The van der Waals surface area contributed by atoms with Crippen molar-refractivity contribution >= 4 is 34.6 Å². The molecule has 0 spiro atoms. The number of halogens is 2. The Bertz CT molecular complexity index is 1090. The minimum atomic E-state index is -0.847. The van der Waals surface area contributed by atoms with Gasteiger partial charge in [-0.05, 0) is 47.5 Å². The molecule has 0 heterocycles. The van der Waals surface area contributed by atoms with Gasteiger partial charge >= 0.3 is 0 Å². The third-order valence-corrected chi connectivity index (χ3v) is 5.76. The molecule has 7 nitrogen and oxygen atoms in total. The highest BCUT2D eigenvalue weighted by Crippen LogP contribution is 2.36. The summed E-state index contributed by atoms with van der Waals surface area (Å²) in [6.45, 7) is 0. The van der Waals surface area contributed by atoms with Gasteiger partial charge in [0.2, 0.25) is 0 Å². The summed E-state index contributed by atoms with van der Waals surface area (Å²) in [4.78, 5) is 10.5. The lowest BCUT2D eigenvalue weighted by atomic mass is 9.96. The lowest BCUT2D eigenvalue weighted by Crippen LogP contribution is -2.15. The zero-order valence-electron chi connectivity index (χ0n) is 17.4. The van der Waals surface area contributed by atoms with Gasteiger partial charge in [0.25, 0.3) is 5.69 Å². The van der Waals surface area contributed by atoms with Crippen molar-refractivity contribution in [3.8, 4) is 11.5 Å². The number of non-ortho nitro benzene ring substituents is 1. The molecule has 3 rings (SSSR count). The van der Waals surface area contributed by atoms with Crippen LogP contribution in [-0.4, -0.2) is 24.2 Å². The Morgan fingerprint density at radius 1 is 0.938 bits per heavy atom. The van der Waals surface area contributed by atoms with Crippen molar-refractivity contribution < 1.29 is 19.5 Å². The molecular weight excluding hydrogens is 455 g/mol. The maximum absolute atomic E-state index is 11.0. The second-order valence-electron chi connectivity index (χ2n) is 7.04. The molecule has 168 valence electrons. The van der Waals surface area contributed by atoms with Gasteiger partial charge in [0.05, 0.1) is 41.3 Å². The van der Waals surface area contributed by atoms with Crippen LogP contribution in [0.1, 0.15) is 29.7 Å². The van der Waals surface area contributed by atoms with Gasteiger partial charge in [-0.25, -0.2) is 0 Å². The van der Waals surface area contributed by atoms with Crippen LogP contribution < -0.4 is 14.8 Å². The number of anilines is 1. The second kappa shape index (κ2) is 10.5. The summed E-state index contributed by atoms with van der Waals surface area (Å²) in [5.41, 5.74) is 2.11. The van der Waals surface area contributed by atoms with Crippen molar-refractivity contribution in [2.75, 3.05) is 19.5 Å². The third-order valence-electron chi connectivity index (χ3n) is 5.02. The normalized spacial score (nSPS) is 12.7. The number of ether oxygens (including phenoxy) is 2. The molecule has 2 atom stereocenters. The summed E-state index contributed by atoms with van der Waals surface area (Å²) in [6, 6.07) is 16.2. The number of nitro groups is 1. The number of benzene rings is 3. The summed E-state index contributed by atoms with van der Waals surface area (Å²) >= 11 is 12.3. The Morgan fingerprint density at radius 2 is 1.59 bits per heavy atom. The molecule has 0 bridgehead atoms. The van der Waals surface area contributed by atoms with E-state index in [2.05, 4.69) is 5.32 Å². The number of methoxy groups -OCH3 is 2. The molecule has 0 aliphatic heterocycles. The van der Waals surface area contributed by atoms with Crippen molar-refractivity contribution in [3.63, 3.8) is 0 Å². The lowest BCUT2D eigenvalue weighted by molar-refractivity contribution is -0.384. The van der Waals surface area contributed by atoms with E-state index in [4.69, 9.17) is 32.7 Å². The van der Waals surface area contributed by atoms with Crippen molar-refractivity contribution in [2.45, 2.75) is 18.6 Å². The van der Waals surface area contributed by atoms with E-state index in [1.807, 2.05) is 6.07 Å². The van der Waals surface area contributed by atoms with E-state index < -0.39 is 11.0 Å². The first-order valence-electron chi connectivity index (χ1n) is 9.68. The number of aliphatic hydroxyl groups excluding tert-OH is 1. The number of rotatable bonds is 9. The highest BCUT2D eigenvalue weighted by Gasteiger charge is 2.20. The number of nitro benzene ring substituents is 1. The third kappa shape index (κ3) is 5.62. The van der Waals surface area contributed by atoms with Gasteiger partial charge in [-0.1, -0.05) is 35.3 Å². The predicted molar refractivity (Wildman–Crippen MR) is 125 cm³/mol. The Morgan fingerprint density at radius 3 is 2.19 bits per heavy atom. The van der Waals surface area contributed by atoms with Gasteiger partial charge in [-0.15, -0.1) is 0 Å². The largest absolute Gasteiger partial charge is 0.493 e. The minimum Gasteiger partial charge on any atom is -0.493 e. The Balaban J connectivity index is 1.89. The zero-order chi connectivity index (χ0) is 23.3. The highest BCUT2D eigenvalue weighted by molar-refractivity contribution is 6.42. The van der Waals surface area contributed by atoms with Crippen LogP contribution in [0.2, 0.25) is 10.0 Å². The molecule has 2 unspecified atom stereocenters. The van der Waals surface area contributed by atoms with E-state index in [1.165, 1.54) is 19.2 Å². The summed E-state index contributed by atoms with van der Waals surface area (Å²) in [5.74, 6) is 1.08. The standard InChI is InChI=1S/C23H22Cl2N2O5/c1-31-22-10-4-15(12-23(22)32-2)21(28)13-20(14-3-9-18(24)19(25)11-14)26-16-5-7-17(8-6-16)27(29)30/h3-12,20-21,26,28H,13H2,1-2H3. The Kier molecular flexibility index (Phi) is 7.80.